The van der Waals surface area contributed by atoms with Crippen LogP contribution in [0.4, 0.5) is 0 Å². The lowest BCUT2D eigenvalue weighted by Gasteiger charge is -2.51. The molecule has 0 aromatic heterocycles. The molecule has 0 radical (unpaired) electrons. The molecule has 2 aromatic rings. The average molecular weight is 692 g/mol. The summed E-state index contributed by atoms with van der Waals surface area (Å²) in [5, 5.41) is 2.92. The highest BCUT2D eigenvalue weighted by Gasteiger charge is 2.59. The van der Waals surface area contributed by atoms with Gasteiger partial charge >= 0.3 is 5.97 Å². The number of methoxy groups -OCH3 is 3. The summed E-state index contributed by atoms with van der Waals surface area (Å²) in [6, 6.07) is 15.4. The third kappa shape index (κ3) is 8.30. The van der Waals surface area contributed by atoms with Crippen LogP contribution in [0.3, 0.4) is 0 Å². The molecular formula is C38H49N3O9. The van der Waals surface area contributed by atoms with Crippen molar-refractivity contribution >= 4 is 23.7 Å². The van der Waals surface area contributed by atoms with Gasteiger partial charge in [-0.25, -0.2) is 0 Å². The minimum Gasteiger partial charge on any atom is -0.493 e. The zero-order valence-corrected chi connectivity index (χ0v) is 29.5. The molecule has 50 heavy (non-hydrogen) atoms. The van der Waals surface area contributed by atoms with Crippen LogP contribution in [0.1, 0.15) is 50.2 Å². The first kappa shape index (κ1) is 36.9. The first-order valence-corrected chi connectivity index (χ1v) is 17.3. The number of hydrogen-bond donors (Lipinski definition) is 1. The molecule has 3 aliphatic rings. The number of hydrogen-bond acceptors (Lipinski definition) is 9. The lowest BCUT2D eigenvalue weighted by atomic mass is 9.66. The van der Waals surface area contributed by atoms with Crippen molar-refractivity contribution in [2.24, 2.45) is 11.3 Å². The minimum absolute atomic E-state index is 0.0612. The van der Waals surface area contributed by atoms with Gasteiger partial charge in [0.05, 0.1) is 40.6 Å². The summed E-state index contributed by atoms with van der Waals surface area (Å²) in [5.41, 5.74) is 1.10. The van der Waals surface area contributed by atoms with Gasteiger partial charge < -0.3 is 38.8 Å². The van der Waals surface area contributed by atoms with Gasteiger partial charge in [0.15, 0.2) is 11.5 Å². The fourth-order valence-corrected chi connectivity index (χ4v) is 7.26. The van der Waals surface area contributed by atoms with Crippen molar-refractivity contribution in [3.8, 4) is 11.5 Å². The quantitative estimate of drug-likeness (QED) is 0.207. The monoisotopic (exact) mass is 691 g/mol. The Balaban J connectivity index is 1.37. The Morgan fingerprint density at radius 2 is 1.78 bits per heavy atom. The number of benzene rings is 2. The molecule has 270 valence electrons. The minimum atomic E-state index is -1.32. The largest absolute Gasteiger partial charge is 0.493 e. The molecule has 0 unspecified atom stereocenters. The molecule has 2 saturated heterocycles. The van der Waals surface area contributed by atoms with Crippen molar-refractivity contribution in [3.05, 3.63) is 71.4 Å². The van der Waals surface area contributed by atoms with Crippen LogP contribution in [0.2, 0.25) is 0 Å². The molecule has 0 bridgehead atoms. The van der Waals surface area contributed by atoms with E-state index in [-0.39, 0.29) is 43.7 Å². The number of piperidine rings is 1. The Kier molecular flexibility index (Phi) is 12.5. The van der Waals surface area contributed by atoms with Crippen LogP contribution in [0.5, 0.6) is 11.5 Å². The highest BCUT2D eigenvalue weighted by Crippen LogP contribution is 2.50. The number of ether oxygens (including phenoxy) is 5. The topological polar surface area (TPSA) is 133 Å². The number of carbonyl (C=O) groups is 4. The lowest BCUT2D eigenvalue weighted by Crippen LogP contribution is -2.60. The Hall–Kier alpha value is -4.42. The summed E-state index contributed by atoms with van der Waals surface area (Å²) in [7, 11) is 4.46. The number of fused-ring (bicyclic) bond motifs is 1. The number of likely N-dealkylation sites (tertiary alicyclic amines) is 2. The number of carbonyl (C=O) groups excluding carboxylic acids is 4. The Morgan fingerprint density at radius 1 is 1.00 bits per heavy atom. The molecule has 5 rings (SSSR count). The van der Waals surface area contributed by atoms with Crippen molar-refractivity contribution in [1.82, 2.24) is 15.1 Å². The van der Waals surface area contributed by atoms with Crippen molar-refractivity contribution in [2.45, 2.75) is 64.3 Å². The third-order valence-corrected chi connectivity index (χ3v) is 9.89. The molecule has 4 atom stereocenters. The molecule has 0 saturated carbocycles. The van der Waals surface area contributed by atoms with Crippen LogP contribution >= 0.6 is 0 Å². The van der Waals surface area contributed by atoms with Gasteiger partial charge in [-0.05, 0) is 61.9 Å². The SMILES string of the molecule is COC(=O)[C@]12C[C@H](CC(=O)NCCCN3CCCC3=O)C(=O)N(CCc3ccc(OC)c(OC)c3)C1=C[C@H](COCc1ccccc1)O[C@@H]2C. The Bertz CT molecular complexity index is 1550. The molecule has 12 nitrogen and oxygen atoms in total. The number of amides is 3. The maximum Gasteiger partial charge on any atom is 0.320 e. The van der Waals surface area contributed by atoms with E-state index in [1.807, 2.05) is 66.4 Å². The number of rotatable bonds is 16. The van der Waals surface area contributed by atoms with Gasteiger partial charge in [0.25, 0.3) is 0 Å². The van der Waals surface area contributed by atoms with Gasteiger partial charge in [0.2, 0.25) is 17.7 Å². The molecule has 12 heteroatoms. The van der Waals surface area contributed by atoms with E-state index in [9.17, 15) is 19.2 Å². The van der Waals surface area contributed by atoms with Gasteiger partial charge in [0.1, 0.15) is 11.5 Å². The summed E-state index contributed by atoms with van der Waals surface area (Å²) >= 11 is 0. The third-order valence-electron chi connectivity index (χ3n) is 9.89. The predicted molar refractivity (Wildman–Crippen MR) is 184 cm³/mol. The molecule has 2 aromatic carbocycles. The number of esters is 1. The summed E-state index contributed by atoms with van der Waals surface area (Å²) in [5.74, 6) is -0.558. The molecular weight excluding hydrogens is 642 g/mol. The number of nitrogens with one attached hydrogen (secondary N) is 1. The van der Waals surface area contributed by atoms with Crippen LogP contribution in [0, 0.1) is 11.3 Å². The standard InChI is InChI=1S/C38H49N3O9/c1-26-38(37(45)48-4)23-29(21-34(42)39-16-9-18-40-17-8-12-35(40)43)36(44)41(19-15-27-13-14-31(46-2)32(20-27)47-3)33(38)22-30(50-26)25-49-24-28-10-6-5-7-11-28/h5-7,10-11,13-14,20,22,26,29-30H,8-9,12,15-19,21,23-25H2,1-4H3,(H,39,42)/t26-,29+,30-,38+/m1/s1. The zero-order valence-electron chi connectivity index (χ0n) is 29.5. The van der Waals surface area contributed by atoms with E-state index >= 15 is 0 Å². The first-order chi connectivity index (χ1) is 24.2. The second-order valence-corrected chi connectivity index (χ2v) is 13.1. The van der Waals surface area contributed by atoms with E-state index in [2.05, 4.69) is 5.32 Å². The van der Waals surface area contributed by atoms with Crippen molar-refractivity contribution in [2.75, 3.05) is 54.1 Å². The Morgan fingerprint density at radius 3 is 2.48 bits per heavy atom. The molecule has 1 N–H and O–H groups in total. The van der Waals surface area contributed by atoms with Crippen molar-refractivity contribution in [1.29, 1.82) is 0 Å². The smallest absolute Gasteiger partial charge is 0.320 e. The number of nitrogens with zero attached hydrogens (tertiary/aromatic N) is 2. The van der Waals surface area contributed by atoms with E-state index in [4.69, 9.17) is 23.7 Å². The van der Waals surface area contributed by atoms with Gasteiger partial charge in [-0.3, -0.25) is 19.2 Å². The summed E-state index contributed by atoms with van der Waals surface area (Å²) in [4.78, 5) is 56.8. The summed E-state index contributed by atoms with van der Waals surface area (Å²) < 4.78 is 28.7. The summed E-state index contributed by atoms with van der Waals surface area (Å²) in [6.07, 6.45) is 3.05. The highest BCUT2D eigenvalue weighted by molar-refractivity contribution is 5.92. The maximum absolute atomic E-state index is 14.4. The Labute approximate surface area is 294 Å². The molecule has 3 amide bonds. The molecule has 0 aliphatic carbocycles. The fourth-order valence-electron chi connectivity index (χ4n) is 7.26. The van der Waals surface area contributed by atoms with Crippen LogP contribution in [0.15, 0.2) is 60.3 Å². The summed E-state index contributed by atoms with van der Waals surface area (Å²) in [6.45, 7) is 4.35. The van der Waals surface area contributed by atoms with Crippen LogP contribution in [0.25, 0.3) is 0 Å². The average Bonchev–Trinajstić information content (AvgIpc) is 3.54. The predicted octanol–water partition coefficient (Wildman–Crippen LogP) is 3.66. The second-order valence-electron chi connectivity index (χ2n) is 13.1. The van der Waals surface area contributed by atoms with Crippen LogP contribution in [-0.4, -0.2) is 99.8 Å². The van der Waals surface area contributed by atoms with E-state index in [0.29, 0.717) is 56.2 Å². The first-order valence-electron chi connectivity index (χ1n) is 17.3. The van der Waals surface area contributed by atoms with Gasteiger partial charge in [-0.1, -0.05) is 36.4 Å². The van der Waals surface area contributed by atoms with Gasteiger partial charge in [0, 0.05) is 50.6 Å². The van der Waals surface area contributed by atoms with Crippen molar-refractivity contribution in [3.63, 3.8) is 0 Å². The fraction of sp³-hybridized carbons (Fsp3) is 0.526. The van der Waals surface area contributed by atoms with E-state index in [1.54, 1.807) is 19.1 Å². The van der Waals surface area contributed by atoms with E-state index in [1.165, 1.54) is 7.11 Å². The van der Waals surface area contributed by atoms with Crippen LogP contribution < -0.4 is 14.8 Å². The normalized spacial score (nSPS) is 23.3. The molecule has 0 spiro atoms. The maximum atomic E-state index is 14.4. The van der Waals surface area contributed by atoms with Gasteiger partial charge in [-0.2, -0.15) is 0 Å². The van der Waals surface area contributed by atoms with E-state index in [0.717, 1.165) is 24.1 Å². The molecule has 2 fully saturated rings. The molecule has 3 aliphatic heterocycles. The molecule has 3 heterocycles. The van der Waals surface area contributed by atoms with E-state index < -0.39 is 29.5 Å². The van der Waals surface area contributed by atoms with Crippen molar-refractivity contribution < 1.29 is 42.9 Å². The van der Waals surface area contributed by atoms with Gasteiger partial charge in [-0.15, -0.1) is 0 Å². The lowest BCUT2D eigenvalue weighted by molar-refractivity contribution is -0.178. The highest BCUT2D eigenvalue weighted by atomic mass is 16.6. The van der Waals surface area contributed by atoms with Crippen LogP contribution in [-0.2, 0) is 46.4 Å². The second kappa shape index (κ2) is 17.0. The zero-order chi connectivity index (χ0) is 35.7.